The van der Waals surface area contributed by atoms with Gasteiger partial charge < -0.3 is 5.73 Å². The summed E-state index contributed by atoms with van der Waals surface area (Å²) in [7, 11) is -3.68. The van der Waals surface area contributed by atoms with Crippen molar-refractivity contribution in [3.63, 3.8) is 0 Å². The van der Waals surface area contributed by atoms with Crippen LogP contribution in [-0.2, 0) is 10.0 Å². The predicted molar refractivity (Wildman–Crippen MR) is 61.4 cm³/mol. The smallest absolute Gasteiger partial charge is 0.398 e. The third kappa shape index (κ3) is 3.57. The Morgan fingerprint density at radius 2 is 1.84 bits per heavy atom. The molecule has 2 N–H and O–H groups in total. The lowest BCUT2D eigenvalue weighted by Gasteiger charge is -2.19. The molecule has 0 fully saturated rings. The fourth-order valence-corrected chi connectivity index (χ4v) is 2.55. The molecule has 0 spiro atoms. The van der Waals surface area contributed by atoms with E-state index in [0.29, 0.717) is 6.07 Å². The van der Waals surface area contributed by atoms with Crippen molar-refractivity contribution in [3.8, 4) is 0 Å². The molecule has 1 aromatic carbocycles. The Labute approximate surface area is 107 Å². The number of nitrogens with two attached hydrogens (primary N) is 1. The maximum Gasteiger partial charge on any atom is 0.402 e. The predicted octanol–water partition coefficient (Wildman–Crippen LogP) is 1.90. The standard InChI is InChI=1S/C10H12F4N2O2S/c1-6-8(11)3-7(4-9(6)15)19(17,18)16(2)5-10(12,13)14/h3-4H,5,15H2,1-2H3. The van der Waals surface area contributed by atoms with Crippen molar-refractivity contribution in [1.82, 2.24) is 4.31 Å². The molecule has 0 bridgehead atoms. The lowest BCUT2D eigenvalue weighted by molar-refractivity contribution is -0.134. The van der Waals surface area contributed by atoms with Crippen molar-refractivity contribution in [1.29, 1.82) is 0 Å². The Morgan fingerprint density at radius 1 is 1.32 bits per heavy atom. The molecule has 0 aliphatic carbocycles. The molecule has 0 heterocycles. The molecule has 0 atom stereocenters. The Bertz CT molecular complexity index is 561. The Hall–Kier alpha value is -1.35. The number of anilines is 1. The highest BCUT2D eigenvalue weighted by molar-refractivity contribution is 7.89. The SMILES string of the molecule is Cc1c(N)cc(S(=O)(=O)N(C)CC(F)(F)F)cc1F. The first kappa shape index (κ1) is 15.7. The van der Waals surface area contributed by atoms with E-state index in [1.807, 2.05) is 0 Å². The van der Waals surface area contributed by atoms with E-state index in [2.05, 4.69) is 0 Å². The molecular weight excluding hydrogens is 288 g/mol. The molecule has 0 saturated carbocycles. The van der Waals surface area contributed by atoms with E-state index in [1.54, 1.807) is 0 Å². The Kier molecular flexibility index (Phi) is 4.11. The summed E-state index contributed by atoms with van der Waals surface area (Å²) in [5.74, 6) is -0.890. The van der Waals surface area contributed by atoms with Crippen LogP contribution in [0.4, 0.5) is 23.2 Å². The average Bonchev–Trinajstić information content (AvgIpc) is 2.22. The first-order chi connectivity index (χ1) is 8.45. The lowest BCUT2D eigenvalue weighted by Crippen LogP contribution is -2.35. The number of hydrogen-bond acceptors (Lipinski definition) is 3. The first-order valence-electron chi connectivity index (χ1n) is 5.04. The topological polar surface area (TPSA) is 63.4 Å². The van der Waals surface area contributed by atoms with E-state index in [-0.39, 0.29) is 15.6 Å². The number of sulfonamides is 1. The number of halogens is 4. The van der Waals surface area contributed by atoms with Gasteiger partial charge in [-0.3, -0.25) is 0 Å². The molecule has 0 unspecified atom stereocenters. The zero-order valence-electron chi connectivity index (χ0n) is 10.1. The van der Waals surface area contributed by atoms with Gasteiger partial charge in [0.2, 0.25) is 10.0 Å². The highest BCUT2D eigenvalue weighted by Crippen LogP contribution is 2.25. The summed E-state index contributed by atoms with van der Waals surface area (Å²) in [5, 5.41) is 0. The summed E-state index contributed by atoms with van der Waals surface area (Å²) in [5.41, 5.74) is 5.30. The molecule has 4 nitrogen and oxygen atoms in total. The highest BCUT2D eigenvalue weighted by Gasteiger charge is 2.35. The van der Waals surface area contributed by atoms with Crippen LogP contribution < -0.4 is 5.73 Å². The maximum absolute atomic E-state index is 13.4. The van der Waals surface area contributed by atoms with Gasteiger partial charge in [0.05, 0.1) is 4.90 Å². The quantitative estimate of drug-likeness (QED) is 0.685. The van der Waals surface area contributed by atoms with E-state index < -0.39 is 33.5 Å². The van der Waals surface area contributed by atoms with Gasteiger partial charge >= 0.3 is 6.18 Å². The van der Waals surface area contributed by atoms with Crippen molar-refractivity contribution in [2.75, 3.05) is 19.3 Å². The molecule has 9 heteroatoms. The van der Waals surface area contributed by atoms with Crippen molar-refractivity contribution in [2.45, 2.75) is 18.0 Å². The van der Waals surface area contributed by atoms with Gasteiger partial charge in [0, 0.05) is 18.3 Å². The van der Waals surface area contributed by atoms with Gasteiger partial charge in [0.25, 0.3) is 0 Å². The molecule has 19 heavy (non-hydrogen) atoms. The highest BCUT2D eigenvalue weighted by atomic mass is 32.2. The van der Waals surface area contributed by atoms with Crippen LogP contribution >= 0.6 is 0 Å². The van der Waals surface area contributed by atoms with Crippen molar-refractivity contribution >= 4 is 15.7 Å². The molecule has 1 rings (SSSR count). The van der Waals surface area contributed by atoms with Gasteiger partial charge in [-0.25, -0.2) is 12.8 Å². The number of nitrogens with zero attached hydrogens (tertiary/aromatic N) is 1. The molecule has 0 aliphatic rings. The van der Waals surface area contributed by atoms with Crippen molar-refractivity contribution in [3.05, 3.63) is 23.5 Å². The maximum atomic E-state index is 13.4. The van der Waals surface area contributed by atoms with Gasteiger partial charge in [-0.15, -0.1) is 0 Å². The van der Waals surface area contributed by atoms with Gasteiger partial charge in [-0.1, -0.05) is 0 Å². The molecular formula is C10H12F4N2O2S. The first-order valence-corrected chi connectivity index (χ1v) is 6.48. The van der Waals surface area contributed by atoms with Gasteiger partial charge in [-0.05, 0) is 19.1 Å². The fourth-order valence-electron chi connectivity index (χ4n) is 1.34. The largest absolute Gasteiger partial charge is 0.402 e. The number of hydrogen-bond donors (Lipinski definition) is 1. The second-order valence-corrected chi connectivity index (χ2v) is 6.04. The molecule has 108 valence electrons. The third-order valence-corrected chi connectivity index (χ3v) is 4.25. The zero-order valence-corrected chi connectivity index (χ0v) is 10.9. The average molecular weight is 300 g/mol. The Morgan fingerprint density at radius 3 is 2.26 bits per heavy atom. The fraction of sp³-hybridized carbons (Fsp3) is 0.400. The number of rotatable bonds is 3. The molecule has 0 radical (unpaired) electrons. The van der Waals surface area contributed by atoms with Crippen LogP contribution in [-0.4, -0.2) is 32.5 Å². The minimum atomic E-state index is -4.68. The minimum absolute atomic E-state index is 0.0393. The second-order valence-electron chi connectivity index (χ2n) is 4.00. The summed E-state index contributed by atoms with van der Waals surface area (Å²) in [4.78, 5) is -0.611. The van der Waals surface area contributed by atoms with Crippen LogP contribution in [0.15, 0.2) is 17.0 Å². The summed E-state index contributed by atoms with van der Waals surface area (Å²) >= 11 is 0. The van der Waals surface area contributed by atoms with E-state index in [1.165, 1.54) is 6.92 Å². The van der Waals surface area contributed by atoms with Crippen LogP contribution in [0.3, 0.4) is 0 Å². The summed E-state index contributed by atoms with van der Waals surface area (Å²) in [6, 6.07) is 1.58. The van der Waals surface area contributed by atoms with Crippen LogP contribution in [0, 0.1) is 12.7 Å². The van der Waals surface area contributed by atoms with Crippen LogP contribution in [0.2, 0.25) is 0 Å². The Balaban J connectivity index is 3.21. The number of alkyl halides is 3. The number of nitrogen functional groups attached to an aromatic ring is 1. The molecule has 0 saturated heterocycles. The second kappa shape index (κ2) is 4.97. The van der Waals surface area contributed by atoms with Crippen LogP contribution in [0.1, 0.15) is 5.56 Å². The van der Waals surface area contributed by atoms with E-state index in [9.17, 15) is 26.0 Å². The summed E-state index contributed by atoms with van der Waals surface area (Å²) in [6.45, 7) is -0.328. The monoisotopic (exact) mass is 300 g/mol. The molecule has 0 amide bonds. The van der Waals surface area contributed by atoms with Gasteiger partial charge in [0.15, 0.2) is 0 Å². The zero-order chi connectivity index (χ0) is 15.0. The lowest BCUT2D eigenvalue weighted by atomic mass is 10.2. The normalized spacial score (nSPS) is 13.0. The van der Waals surface area contributed by atoms with Crippen molar-refractivity contribution in [2.24, 2.45) is 0 Å². The molecule has 0 aliphatic heterocycles. The van der Waals surface area contributed by atoms with Crippen molar-refractivity contribution < 1.29 is 26.0 Å². The molecule has 0 aromatic heterocycles. The van der Waals surface area contributed by atoms with Crippen LogP contribution in [0.5, 0.6) is 0 Å². The third-order valence-electron chi connectivity index (χ3n) is 2.47. The number of benzene rings is 1. The van der Waals surface area contributed by atoms with Gasteiger partial charge in [0.1, 0.15) is 12.4 Å². The van der Waals surface area contributed by atoms with Crippen LogP contribution in [0.25, 0.3) is 0 Å². The van der Waals surface area contributed by atoms with E-state index in [4.69, 9.17) is 5.73 Å². The van der Waals surface area contributed by atoms with E-state index in [0.717, 1.165) is 13.1 Å². The minimum Gasteiger partial charge on any atom is -0.398 e. The van der Waals surface area contributed by atoms with Gasteiger partial charge in [-0.2, -0.15) is 17.5 Å². The van der Waals surface area contributed by atoms with E-state index >= 15 is 0 Å². The molecule has 1 aromatic rings. The summed E-state index contributed by atoms with van der Waals surface area (Å²) in [6.07, 6.45) is -4.68. The summed E-state index contributed by atoms with van der Waals surface area (Å²) < 4.78 is 73.6.